The summed E-state index contributed by atoms with van der Waals surface area (Å²) >= 11 is 0. The van der Waals surface area contributed by atoms with Gasteiger partial charge in [-0.05, 0) is 47.4 Å². The molecule has 0 saturated heterocycles. The molecular formula is C28H29NO2. The van der Waals surface area contributed by atoms with Crippen LogP contribution in [-0.2, 0) is 15.6 Å². The summed E-state index contributed by atoms with van der Waals surface area (Å²) < 4.78 is 0. The summed E-state index contributed by atoms with van der Waals surface area (Å²) in [7, 11) is 0. The van der Waals surface area contributed by atoms with Crippen LogP contribution in [0.25, 0.3) is 0 Å². The van der Waals surface area contributed by atoms with Gasteiger partial charge in [0, 0.05) is 22.2 Å². The van der Waals surface area contributed by atoms with Gasteiger partial charge in [-0.15, -0.1) is 0 Å². The summed E-state index contributed by atoms with van der Waals surface area (Å²) in [6.07, 6.45) is 3.51. The lowest BCUT2D eigenvalue weighted by atomic mass is 9.74. The first-order chi connectivity index (χ1) is 14.5. The summed E-state index contributed by atoms with van der Waals surface area (Å²) in [6.45, 7) is 14.7. The van der Waals surface area contributed by atoms with Crippen molar-refractivity contribution >= 4 is 11.5 Å². The van der Waals surface area contributed by atoms with Crippen molar-refractivity contribution in [2.45, 2.75) is 45.4 Å². The quantitative estimate of drug-likeness (QED) is 0.569. The normalized spacial score (nSPS) is 20.0. The van der Waals surface area contributed by atoms with E-state index in [4.69, 9.17) is 0 Å². The molecule has 0 bridgehead atoms. The number of aryl methyl sites for hydroxylation is 1. The number of Topliss-reactive ketones (excluding diaryl/α,β-unsaturated/α-hetero) is 1. The Kier molecular flexibility index (Phi) is 4.81. The van der Waals surface area contributed by atoms with Crippen molar-refractivity contribution < 1.29 is 9.90 Å². The van der Waals surface area contributed by atoms with Crippen LogP contribution in [0.3, 0.4) is 0 Å². The number of hydrogen-bond donors (Lipinski definition) is 2. The van der Waals surface area contributed by atoms with E-state index in [2.05, 4.69) is 64.7 Å². The van der Waals surface area contributed by atoms with Gasteiger partial charge in [-0.3, -0.25) is 4.79 Å². The van der Waals surface area contributed by atoms with Crippen molar-refractivity contribution in [3.63, 3.8) is 0 Å². The topological polar surface area (TPSA) is 49.3 Å². The molecule has 0 saturated carbocycles. The third-order valence-electron chi connectivity index (χ3n) is 6.77. The molecule has 4 rings (SSSR count). The van der Waals surface area contributed by atoms with Gasteiger partial charge in [0.05, 0.1) is 11.1 Å². The van der Waals surface area contributed by atoms with Crippen LogP contribution in [0.4, 0.5) is 5.69 Å². The molecule has 3 nitrogen and oxygen atoms in total. The summed E-state index contributed by atoms with van der Waals surface area (Å²) in [5.74, 6) is -0.118. The molecule has 2 aromatic rings. The zero-order chi connectivity index (χ0) is 22.6. The van der Waals surface area contributed by atoms with Crippen molar-refractivity contribution in [2.24, 2.45) is 0 Å². The molecule has 158 valence electrons. The van der Waals surface area contributed by atoms with E-state index in [1.807, 2.05) is 30.3 Å². The number of benzene rings is 2. The first kappa shape index (κ1) is 20.9. The van der Waals surface area contributed by atoms with Gasteiger partial charge in [0.2, 0.25) is 5.78 Å². The Morgan fingerprint density at radius 1 is 1.10 bits per heavy atom. The Hall–Kier alpha value is -3.33. The van der Waals surface area contributed by atoms with Crippen LogP contribution in [-0.4, -0.2) is 10.9 Å². The van der Waals surface area contributed by atoms with E-state index in [0.717, 1.165) is 22.5 Å². The van der Waals surface area contributed by atoms with E-state index < -0.39 is 0 Å². The fourth-order valence-corrected chi connectivity index (χ4v) is 4.46. The average Bonchev–Trinajstić information content (AvgIpc) is 3.00. The zero-order valence-corrected chi connectivity index (χ0v) is 18.8. The number of rotatable bonds is 4. The molecule has 2 aromatic carbocycles. The van der Waals surface area contributed by atoms with Crippen LogP contribution in [0.5, 0.6) is 0 Å². The van der Waals surface area contributed by atoms with Gasteiger partial charge in [-0.2, -0.15) is 0 Å². The maximum absolute atomic E-state index is 12.9. The van der Waals surface area contributed by atoms with Gasteiger partial charge in [0.15, 0.2) is 0 Å². The molecule has 0 radical (unpaired) electrons. The molecule has 1 aliphatic heterocycles. The molecule has 0 spiro atoms. The number of allylic oxidation sites excluding steroid dienone is 6. The van der Waals surface area contributed by atoms with Crippen molar-refractivity contribution in [3.8, 4) is 0 Å². The zero-order valence-electron chi connectivity index (χ0n) is 18.8. The van der Waals surface area contributed by atoms with Crippen LogP contribution < -0.4 is 5.32 Å². The molecule has 1 aliphatic carbocycles. The Labute approximate surface area is 184 Å². The molecule has 1 heterocycles. The first-order valence-electron chi connectivity index (χ1n) is 10.6. The highest BCUT2D eigenvalue weighted by Crippen LogP contribution is 2.45. The van der Waals surface area contributed by atoms with Crippen molar-refractivity contribution in [2.75, 3.05) is 5.32 Å². The van der Waals surface area contributed by atoms with Gasteiger partial charge in [-0.25, -0.2) is 0 Å². The Bertz CT molecular complexity index is 1210. The summed E-state index contributed by atoms with van der Waals surface area (Å²) in [6, 6.07) is 16.3. The van der Waals surface area contributed by atoms with Crippen LogP contribution >= 0.6 is 0 Å². The number of fused-ring (bicyclic) bond motifs is 1. The predicted molar refractivity (Wildman–Crippen MR) is 127 cm³/mol. The standard InChI is InChI=1S/C28H29NO2/c1-17-11-7-8-12-21(17)27(3,4)18(2)15-19-25(30)20(26(19)31)16-24-28(5,6)22-13-9-10-14-23(22)29-24/h7-16,29-30H,2H2,1,3-6H3/b19-15+,24-16+. The van der Waals surface area contributed by atoms with Crippen molar-refractivity contribution in [1.82, 2.24) is 0 Å². The van der Waals surface area contributed by atoms with Crippen LogP contribution in [0.2, 0.25) is 0 Å². The third-order valence-corrected chi connectivity index (χ3v) is 6.77. The number of anilines is 1. The molecule has 0 atom stereocenters. The van der Waals surface area contributed by atoms with Gasteiger partial charge in [-0.1, -0.05) is 76.7 Å². The number of ketones is 1. The second kappa shape index (κ2) is 7.12. The summed E-state index contributed by atoms with van der Waals surface area (Å²) in [5.41, 5.74) is 6.28. The fraction of sp³-hybridized carbons (Fsp3) is 0.250. The van der Waals surface area contributed by atoms with E-state index in [0.29, 0.717) is 11.1 Å². The predicted octanol–water partition coefficient (Wildman–Crippen LogP) is 6.44. The molecule has 0 unspecified atom stereocenters. The van der Waals surface area contributed by atoms with Crippen LogP contribution in [0.15, 0.2) is 95.4 Å². The highest BCUT2D eigenvalue weighted by molar-refractivity contribution is 6.21. The second-order valence-corrected chi connectivity index (χ2v) is 9.47. The van der Waals surface area contributed by atoms with Crippen molar-refractivity contribution in [1.29, 1.82) is 0 Å². The SMILES string of the molecule is C=C(/C=C1/C(=O)C(/C=C2/Nc3ccccc3C2(C)C)=C1O)C(C)(C)c1ccccc1C. The monoisotopic (exact) mass is 411 g/mol. The number of carbonyl (C=O) groups is 1. The fourth-order valence-electron chi connectivity index (χ4n) is 4.46. The molecule has 2 N–H and O–H groups in total. The van der Waals surface area contributed by atoms with E-state index in [9.17, 15) is 9.90 Å². The highest BCUT2D eigenvalue weighted by Gasteiger charge is 2.39. The molecule has 0 amide bonds. The number of carbonyl (C=O) groups excluding carboxylic acids is 1. The Balaban J connectivity index is 1.64. The van der Waals surface area contributed by atoms with Crippen molar-refractivity contribution in [3.05, 3.63) is 112 Å². The van der Waals surface area contributed by atoms with E-state index >= 15 is 0 Å². The minimum atomic E-state index is -0.357. The minimum Gasteiger partial charge on any atom is -0.506 e. The van der Waals surface area contributed by atoms with Crippen LogP contribution in [0.1, 0.15) is 44.4 Å². The Morgan fingerprint density at radius 2 is 1.74 bits per heavy atom. The third kappa shape index (κ3) is 3.25. The lowest BCUT2D eigenvalue weighted by Crippen LogP contribution is -2.26. The maximum Gasteiger partial charge on any atom is 0.200 e. The lowest BCUT2D eigenvalue weighted by molar-refractivity contribution is -0.113. The summed E-state index contributed by atoms with van der Waals surface area (Å²) in [4.78, 5) is 12.9. The van der Waals surface area contributed by atoms with Gasteiger partial charge < -0.3 is 10.4 Å². The molecular weight excluding hydrogens is 382 g/mol. The largest absolute Gasteiger partial charge is 0.506 e. The number of aliphatic hydroxyl groups excluding tert-OH is 1. The molecule has 3 heteroatoms. The number of nitrogens with one attached hydrogen (secondary N) is 1. The molecule has 31 heavy (non-hydrogen) atoms. The smallest absolute Gasteiger partial charge is 0.200 e. The molecule has 0 fully saturated rings. The van der Waals surface area contributed by atoms with Gasteiger partial charge in [0.1, 0.15) is 5.76 Å². The number of hydrogen-bond acceptors (Lipinski definition) is 3. The minimum absolute atomic E-state index is 0.0350. The van der Waals surface area contributed by atoms with Gasteiger partial charge in [0.25, 0.3) is 0 Å². The Morgan fingerprint density at radius 3 is 2.39 bits per heavy atom. The maximum atomic E-state index is 12.9. The lowest BCUT2D eigenvalue weighted by Gasteiger charge is -2.30. The second-order valence-electron chi connectivity index (χ2n) is 9.47. The number of aliphatic hydroxyl groups is 1. The average molecular weight is 412 g/mol. The first-order valence-corrected chi connectivity index (χ1v) is 10.6. The molecule has 0 aromatic heterocycles. The van der Waals surface area contributed by atoms with E-state index in [1.54, 1.807) is 12.2 Å². The molecule has 2 aliphatic rings. The van der Waals surface area contributed by atoms with E-state index in [-0.39, 0.29) is 22.4 Å². The van der Waals surface area contributed by atoms with E-state index in [1.165, 1.54) is 11.1 Å². The number of para-hydroxylation sites is 1. The van der Waals surface area contributed by atoms with Crippen LogP contribution in [0, 0.1) is 6.92 Å². The van der Waals surface area contributed by atoms with Gasteiger partial charge >= 0.3 is 0 Å². The highest BCUT2D eigenvalue weighted by atomic mass is 16.3. The summed E-state index contributed by atoms with van der Waals surface area (Å²) in [5, 5.41) is 14.1.